The number of hydrogen-bond acceptors (Lipinski definition) is 15. The molecular weight excluding hydrogens is 753 g/mol. The van der Waals surface area contributed by atoms with Crippen LogP contribution in [0.5, 0.6) is 0 Å². The number of aliphatic hydroxyl groups is 2. The van der Waals surface area contributed by atoms with Crippen molar-refractivity contribution in [1.82, 2.24) is 0 Å². The van der Waals surface area contributed by atoms with E-state index in [1.54, 1.807) is 51.1 Å². The number of ether oxygens (including phenoxy) is 7. The Hall–Kier alpha value is -4.09. The number of carbonyl (C=O) groups is 4. The van der Waals surface area contributed by atoms with Crippen molar-refractivity contribution in [2.45, 2.75) is 141 Å². The molecule has 3 aliphatic carbocycles. The summed E-state index contributed by atoms with van der Waals surface area (Å²) >= 11 is 0. The molecule has 1 aromatic rings. The van der Waals surface area contributed by atoms with Crippen LogP contribution in [0, 0.1) is 22.7 Å². The van der Waals surface area contributed by atoms with E-state index in [-0.39, 0.29) is 37.4 Å². The Bertz CT molecular complexity index is 1870. The van der Waals surface area contributed by atoms with Gasteiger partial charge in [-0.2, -0.15) is 0 Å². The molecular formula is C42H54BNO14. The molecule has 2 saturated heterocycles. The van der Waals surface area contributed by atoms with Gasteiger partial charge in [0.25, 0.3) is 0 Å². The van der Waals surface area contributed by atoms with E-state index in [0.29, 0.717) is 18.3 Å². The Labute approximate surface area is 338 Å². The van der Waals surface area contributed by atoms with Gasteiger partial charge in [0.05, 0.1) is 18.3 Å². The van der Waals surface area contributed by atoms with Crippen molar-refractivity contribution in [2.24, 2.45) is 27.7 Å². The number of rotatable bonds is 12. The van der Waals surface area contributed by atoms with Gasteiger partial charge in [0, 0.05) is 20.3 Å². The average Bonchev–Trinajstić information content (AvgIpc) is 3.15. The van der Waals surface area contributed by atoms with Crippen molar-refractivity contribution in [3.8, 4) is 0 Å². The maximum atomic E-state index is 14.4. The Morgan fingerprint density at radius 1 is 1.03 bits per heavy atom. The van der Waals surface area contributed by atoms with Crippen LogP contribution in [0.1, 0.15) is 85.0 Å². The molecule has 4 fully saturated rings. The SMILES string of the molecule is C=CC1O[C@H]2C[C@H]3OC[C@@]3(OC(C)=O)[C@H]3[C@H](OC(=O)c4ccccc4)[C@]4(O)C[C@H](OC(=O)[C@H](O)[C@H](CC(C)C)N=CB=O)C(C)=C([C@H](OC(C)=O)[C@H](O1)[C@]23C)C4(C)C. The van der Waals surface area contributed by atoms with E-state index in [1.807, 2.05) is 20.8 Å². The van der Waals surface area contributed by atoms with Crippen LogP contribution in [0.4, 0.5) is 0 Å². The van der Waals surface area contributed by atoms with Gasteiger partial charge >= 0.3 is 210 Å². The number of nitrogens with zero attached hydrogens (tertiary/aromatic N) is 1. The van der Waals surface area contributed by atoms with Gasteiger partial charge < -0.3 is 14.2 Å². The quantitative estimate of drug-likeness (QED) is 0.102. The van der Waals surface area contributed by atoms with Gasteiger partial charge in [-0.15, -0.1) is 0 Å². The molecule has 2 N–H and O–H groups in total. The summed E-state index contributed by atoms with van der Waals surface area (Å²) < 4.78 is 55.7. The van der Waals surface area contributed by atoms with Gasteiger partial charge in [-0.05, 0) is 18.2 Å². The van der Waals surface area contributed by atoms with Crippen LogP contribution in [-0.4, -0.2) is 120 Å². The molecule has 2 saturated carbocycles. The molecule has 1 aromatic carbocycles. The average molecular weight is 808 g/mol. The van der Waals surface area contributed by atoms with Gasteiger partial charge in [0.2, 0.25) is 0 Å². The summed E-state index contributed by atoms with van der Waals surface area (Å²) in [5, 5.41) is 25.1. The van der Waals surface area contributed by atoms with Gasteiger partial charge in [-0.3, -0.25) is 9.59 Å². The van der Waals surface area contributed by atoms with Crippen LogP contribution in [0.25, 0.3) is 0 Å². The molecule has 0 amide bonds. The van der Waals surface area contributed by atoms with E-state index in [9.17, 15) is 34.1 Å². The summed E-state index contributed by atoms with van der Waals surface area (Å²) in [6.07, 6.45) is -7.21. The fourth-order valence-corrected chi connectivity index (χ4v) is 10.4. The van der Waals surface area contributed by atoms with Crippen LogP contribution in [-0.2, 0) is 52.2 Å². The van der Waals surface area contributed by atoms with E-state index in [4.69, 9.17) is 33.2 Å². The number of aliphatic hydroxyl groups excluding tert-OH is 1. The second kappa shape index (κ2) is 16.2. The molecule has 13 atom stereocenters. The zero-order chi connectivity index (χ0) is 42.5. The third-order valence-electron chi connectivity index (χ3n) is 13.0. The summed E-state index contributed by atoms with van der Waals surface area (Å²) in [6.45, 7) is 16.9. The summed E-state index contributed by atoms with van der Waals surface area (Å²) in [7, 11) is 0.442. The van der Waals surface area contributed by atoms with Crippen LogP contribution in [0.15, 0.2) is 59.1 Å². The molecule has 16 heteroatoms. The number of esters is 4. The summed E-state index contributed by atoms with van der Waals surface area (Å²) in [5.41, 5.74) is -5.65. The van der Waals surface area contributed by atoms with Gasteiger partial charge in [-0.1, -0.05) is 31.7 Å². The van der Waals surface area contributed by atoms with E-state index in [1.165, 1.54) is 19.9 Å². The molecule has 2 heterocycles. The summed E-state index contributed by atoms with van der Waals surface area (Å²) in [6, 6.07) is 7.16. The third-order valence-corrected chi connectivity index (χ3v) is 13.0. The molecule has 1 unspecified atom stereocenters. The Morgan fingerprint density at radius 3 is 2.29 bits per heavy atom. The molecule has 58 heavy (non-hydrogen) atoms. The minimum atomic E-state index is -2.20. The normalized spacial score (nSPS) is 37.0. The van der Waals surface area contributed by atoms with E-state index in [0.717, 1.165) is 6.11 Å². The zero-order valence-corrected chi connectivity index (χ0v) is 34.2. The second-order valence-corrected chi connectivity index (χ2v) is 17.3. The van der Waals surface area contributed by atoms with Gasteiger partial charge in [0.1, 0.15) is 6.10 Å². The molecule has 0 aromatic heterocycles. The van der Waals surface area contributed by atoms with E-state index in [2.05, 4.69) is 11.6 Å². The first-order valence-electron chi connectivity index (χ1n) is 19.7. The number of benzene rings is 1. The van der Waals surface area contributed by atoms with Crippen LogP contribution in [0.3, 0.4) is 0 Å². The Kier molecular flexibility index (Phi) is 12.1. The zero-order valence-electron chi connectivity index (χ0n) is 34.2. The Balaban J connectivity index is 1.62. The van der Waals surface area contributed by atoms with Crippen molar-refractivity contribution < 1.29 is 67.3 Å². The number of hydrogen-bond donors (Lipinski definition) is 2. The number of carbonyl (C=O) groups excluding carboxylic acids is 4. The molecule has 5 aliphatic rings. The molecule has 2 bridgehead atoms. The standard InChI is InChI=1S/C42H54BNO14/c1-10-30-55-28-17-29-41(19-52-29,58-24(6)46)34-36(57-37(48)25-14-12-11-13-15-25)42(50)18-27(54-38(49)32(47)26(16-21(2)3)44-20-43-51)22(4)31(39(42,7)8)33(53-23(5)45)35(56-30)40(28,34)9/h10-15,20-21,26-30,32-36,47,50H,1,16-19H2,2-9H3/t26-,27-,28-,29+,30?,32+,33-,34-,35-,36-,40+,41-,42+/m0/s1. The van der Waals surface area contributed by atoms with Crippen molar-refractivity contribution in [3.05, 3.63) is 59.7 Å². The topological polar surface area (TPSA) is 203 Å². The van der Waals surface area contributed by atoms with E-state index >= 15 is 0 Å². The third kappa shape index (κ3) is 7.18. The molecule has 2 aliphatic heterocycles. The minimum absolute atomic E-state index is 0.0242. The molecule has 0 radical (unpaired) electrons. The molecule has 0 spiro atoms. The first kappa shape index (κ1) is 43.5. The maximum absolute atomic E-state index is 14.4. The van der Waals surface area contributed by atoms with Crippen molar-refractivity contribution in [3.63, 3.8) is 0 Å². The van der Waals surface area contributed by atoms with Crippen molar-refractivity contribution >= 4 is 37.1 Å². The number of aliphatic imine (C=N–C) groups is 1. The fraction of sp³-hybridized carbons (Fsp3) is 0.643. The van der Waals surface area contributed by atoms with E-state index < -0.39 is 107 Å². The molecule has 15 nitrogen and oxygen atoms in total. The predicted molar refractivity (Wildman–Crippen MR) is 205 cm³/mol. The Morgan fingerprint density at radius 2 is 1.72 bits per heavy atom. The van der Waals surface area contributed by atoms with Crippen LogP contribution < -0.4 is 0 Å². The monoisotopic (exact) mass is 807 g/mol. The predicted octanol–water partition coefficient (Wildman–Crippen LogP) is 3.42. The molecule has 314 valence electrons. The molecule has 6 rings (SSSR count). The first-order chi connectivity index (χ1) is 27.3. The second-order valence-electron chi connectivity index (χ2n) is 17.3. The van der Waals surface area contributed by atoms with Gasteiger partial charge in [0.15, 0.2) is 6.29 Å². The van der Waals surface area contributed by atoms with Crippen LogP contribution in [0.2, 0.25) is 0 Å². The number of fused-ring (bicyclic) bond motifs is 4. The fourth-order valence-electron chi connectivity index (χ4n) is 10.4. The van der Waals surface area contributed by atoms with Crippen LogP contribution >= 0.6 is 0 Å². The van der Waals surface area contributed by atoms with Crippen molar-refractivity contribution in [2.75, 3.05) is 6.61 Å². The van der Waals surface area contributed by atoms with Crippen molar-refractivity contribution in [1.29, 1.82) is 0 Å². The van der Waals surface area contributed by atoms with Gasteiger partial charge in [-0.25, -0.2) is 4.79 Å². The summed E-state index contributed by atoms with van der Waals surface area (Å²) in [4.78, 5) is 58.8. The summed E-state index contributed by atoms with van der Waals surface area (Å²) in [5.74, 6) is -4.41. The first-order valence-corrected chi connectivity index (χ1v) is 19.7.